The van der Waals surface area contributed by atoms with Crippen molar-refractivity contribution in [3.63, 3.8) is 0 Å². The van der Waals surface area contributed by atoms with Crippen LogP contribution in [-0.4, -0.2) is 23.1 Å². The first-order valence-corrected chi connectivity index (χ1v) is 5.37. The number of esters is 1. The van der Waals surface area contributed by atoms with Gasteiger partial charge in [0.25, 0.3) is 0 Å². The lowest BCUT2D eigenvalue weighted by molar-refractivity contribution is -0.144. The number of allylic oxidation sites excluding steroid dienone is 1. The molecule has 0 heterocycles. The highest BCUT2D eigenvalue weighted by atomic mass is 16.5. The molecule has 1 unspecified atom stereocenters. The molecular weight excluding hydrogens is 192 g/mol. The zero-order valence-corrected chi connectivity index (χ0v) is 8.61. The van der Waals surface area contributed by atoms with Crippen LogP contribution in [-0.2, 0) is 9.53 Å². The third-order valence-corrected chi connectivity index (χ3v) is 3.15. The normalized spacial score (nSPS) is 24.4. The van der Waals surface area contributed by atoms with Crippen LogP contribution in [0.1, 0.15) is 38.5 Å². The molecule has 0 amide bonds. The molecule has 0 aromatic rings. The molecule has 0 aliphatic heterocycles. The van der Waals surface area contributed by atoms with Gasteiger partial charge in [-0.3, -0.25) is 0 Å². The van der Waals surface area contributed by atoms with E-state index in [-0.39, 0.29) is 6.10 Å². The van der Waals surface area contributed by atoms with Crippen molar-refractivity contribution < 1.29 is 14.3 Å². The quantitative estimate of drug-likeness (QED) is 0.227. The molecule has 0 aromatic heterocycles. The molecule has 0 spiro atoms. The van der Waals surface area contributed by atoms with Crippen molar-refractivity contribution in [3.05, 3.63) is 16.7 Å². The van der Waals surface area contributed by atoms with E-state index in [2.05, 4.69) is 4.79 Å². The average Bonchev–Trinajstić information content (AvgIpc) is 2.65. The lowest BCUT2D eigenvalue weighted by Crippen LogP contribution is -2.22. The molecule has 1 atom stereocenters. The summed E-state index contributed by atoms with van der Waals surface area (Å²) in [6.07, 6.45) is 7.27. The Morgan fingerprint density at radius 1 is 1.40 bits per heavy atom. The first-order valence-electron chi connectivity index (χ1n) is 5.37. The molecule has 0 N–H and O–H groups in total. The molecule has 0 bridgehead atoms. The summed E-state index contributed by atoms with van der Waals surface area (Å²) in [6, 6.07) is 0. The van der Waals surface area contributed by atoms with Gasteiger partial charge in [0.1, 0.15) is 6.10 Å². The summed E-state index contributed by atoms with van der Waals surface area (Å²) < 4.78 is 5.16. The Labute approximate surface area is 88.5 Å². The highest BCUT2D eigenvalue weighted by Crippen LogP contribution is 2.37. The molecule has 0 saturated carbocycles. The number of carbonyl (C=O) groups excluding carboxylic acids is 1. The van der Waals surface area contributed by atoms with E-state index in [1.165, 1.54) is 18.4 Å². The van der Waals surface area contributed by atoms with Crippen LogP contribution in [0.4, 0.5) is 0 Å². The van der Waals surface area contributed by atoms with Crippen LogP contribution in [0.2, 0.25) is 0 Å². The van der Waals surface area contributed by atoms with Gasteiger partial charge in [-0.25, -0.2) is 4.79 Å². The summed E-state index contributed by atoms with van der Waals surface area (Å²) in [6.45, 7) is 0. The lowest BCUT2D eigenvalue weighted by atomic mass is 9.92. The zero-order chi connectivity index (χ0) is 10.7. The summed E-state index contributed by atoms with van der Waals surface area (Å²) in [5, 5.41) is 0. The van der Waals surface area contributed by atoms with Gasteiger partial charge < -0.3 is 10.3 Å². The largest absolute Gasteiger partial charge is 0.454 e. The number of nitrogens with zero attached hydrogens (tertiary/aromatic N) is 2. The van der Waals surface area contributed by atoms with E-state index in [9.17, 15) is 4.79 Å². The summed E-state index contributed by atoms with van der Waals surface area (Å²) >= 11 is 0. The second-order valence-electron chi connectivity index (χ2n) is 4.11. The fraction of sp³-hybridized carbons (Fsp3) is 0.636. The van der Waals surface area contributed by atoms with Crippen LogP contribution in [0.15, 0.2) is 11.1 Å². The number of hydrogen-bond acceptors (Lipinski definition) is 2. The van der Waals surface area contributed by atoms with Gasteiger partial charge in [-0.15, -0.1) is 0 Å². The van der Waals surface area contributed by atoms with Crippen molar-refractivity contribution in [2.45, 2.75) is 44.6 Å². The molecule has 0 aromatic carbocycles. The fourth-order valence-electron chi connectivity index (χ4n) is 2.47. The van der Waals surface area contributed by atoms with E-state index in [4.69, 9.17) is 10.3 Å². The first-order chi connectivity index (χ1) is 7.29. The second kappa shape index (κ2) is 4.41. The number of ether oxygens (including phenoxy) is 1. The molecule has 0 fully saturated rings. The summed E-state index contributed by atoms with van der Waals surface area (Å²) in [4.78, 5) is 13.7. The van der Waals surface area contributed by atoms with Crippen molar-refractivity contribution in [2.75, 3.05) is 0 Å². The van der Waals surface area contributed by atoms with Crippen LogP contribution in [0.3, 0.4) is 0 Å². The third kappa shape index (κ3) is 2.34. The monoisotopic (exact) mass is 206 g/mol. The topological polar surface area (TPSA) is 62.7 Å². The van der Waals surface area contributed by atoms with Gasteiger partial charge in [0.15, 0.2) is 0 Å². The van der Waals surface area contributed by atoms with Gasteiger partial charge >= 0.3 is 12.2 Å². The Morgan fingerprint density at radius 2 is 2.20 bits per heavy atom. The highest BCUT2D eigenvalue weighted by molar-refractivity contribution is 6.20. The third-order valence-electron chi connectivity index (χ3n) is 3.15. The number of rotatable bonds is 2. The summed E-state index contributed by atoms with van der Waals surface area (Å²) in [5.74, 6) is -0.551. The Hall–Kier alpha value is -1.41. The SMILES string of the molecule is [N-]=[N+]=CC(=O)OC1CCC2=C(CCC2)C1. The van der Waals surface area contributed by atoms with Crippen molar-refractivity contribution in [1.82, 2.24) is 0 Å². The molecule has 2 aliphatic carbocycles. The average molecular weight is 206 g/mol. The molecule has 0 saturated heterocycles. The predicted octanol–water partition coefficient (Wildman–Crippen LogP) is 1.86. The van der Waals surface area contributed by atoms with Crippen LogP contribution in [0.5, 0.6) is 0 Å². The van der Waals surface area contributed by atoms with Crippen molar-refractivity contribution in [1.29, 1.82) is 0 Å². The first kappa shape index (κ1) is 10.1. The smallest absolute Gasteiger partial charge is 0.413 e. The van der Waals surface area contributed by atoms with E-state index in [0.717, 1.165) is 31.9 Å². The van der Waals surface area contributed by atoms with Crippen molar-refractivity contribution in [2.24, 2.45) is 0 Å². The Balaban J connectivity index is 1.92. The van der Waals surface area contributed by atoms with Crippen LogP contribution in [0.25, 0.3) is 5.53 Å². The summed E-state index contributed by atoms with van der Waals surface area (Å²) in [5.41, 5.74) is 11.2. The van der Waals surface area contributed by atoms with Crippen LogP contribution >= 0.6 is 0 Å². The minimum absolute atomic E-state index is 0.0210. The maximum Gasteiger partial charge on any atom is 0.413 e. The van der Waals surface area contributed by atoms with E-state index in [1.807, 2.05) is 0 Å². The molecule has 4 nitrogen and oxygen atoms in total. The highest BCUT2D eigenvalue weighted by Gasteiger charge is 2.26. The maximum atomic E-state index is 11.1. The van der Waals surface area contributed by atoms with Crippen LogP contribution in [0, 0.1) is 0 Å². The molecule has 4 heteroatoms. The minimum Gasteiger partial charge on any atom is -0.454 e. The van der Waals surface area contributed by atoms with Gasteiger partial charge in [-0.05, 0) is 32.1 Å². The standard InChI is InChI=1S/C11H14N2O2/c12-13-7-11(14)15-10-5-4-8-2-1-3-9(8)6-10/h7,10H,1-6H2. The Bertz CT molecular complexity index is 354. The number of hydrogen-bond donors (Lipinski definition) is 0. The van der Waals surface area contributed by atoms with E-state index < -0.39 is 5.97 Å². The van der Waals surface area contributed by atoms with Crippen molar-refractivity contribution in [3.8, 4) is 0 Å². The molecule has 2 rings (SSSR count). The number of carbonyl (C=O) groups is 1. The molecule has 2 aliphatic rings. The van der Waals surface area contributed by atoms with Gasteiger partial charge in [0.2, 0.25) is 0 Å². The zero-order valence-electron chi connectivity index (χ0n) is 8.61. The molecule has 0 radical (unpaired) electrons. The van der Waals surface area contributed by atoms with E-state index >= 15 is 0 Å². The fourth-order valence-corrected chi connectivity index (χ4v) is 2.47. The Kier molecular flexibility index (Phi) is 2.97. The van der Waals surface area contributed by atoms with Gasteiger partial charge in [0.05, 0.1) is 0 Å². The predicted molar refractivity (Wildman–Crippen MR) is 54.3 cm³/mol. The molecule has 15 heavy (non-hydrogen) atoms. The van der Waals surface area contributed by atoms with Gasteiger partial charge in [-0.1, -0.05) is 11.1 Å². The van der Waals surface area contributed by atoms with Crippen LogP contribution < -0.4 is 0 Å². The minimum atomic E-state index is -0.551. The van der Waals surface area contributed by atoms with E-state index in [1.54, 1.807) is 5.57 Å². The van der Waals surface area contributed by atoms with Crippen molar-refractivity contribution >= 4 is 12.2 Å². The molecule has 80 valence electrons. The molecular formula is C11H14N2O2. The maximum absolute atomic E-state index is 11.1. The second-order valence-corrected chi connectivity index (χ2v) is 4.11. The van der Waals surface area contributed by atoms with E-state index in [0.29, 0.717) is 0 Å². The summed E-state index contributed by atoms with van der Waals surface area (Å²) in [7, 11) is 0. The van der Waals surface area contributed by atoms with Gasteiger partial charge in [-0.2, -0.15) is 4.79 Å². The lowest BCUT2D eigenvalue weighted by Gasteiger charge is -2.22. The van der Waals surface area contributed by atoms with Gasteiger partial charge in [0, 0.05) is 6.42 Å². The Morgan fingerprint density at radius 3 is 3.00 bits per heavy atom.